The third-order valence-electron chi connectivity index (χ3n) is 4.60. The molecule has 3 heteroatoms. The second-order valence-electron chi connectivity index (χ2n) is 5.85. The van der Waals surface area contributed by atoms with E-state index >= 15 is 0 Å². The van der Waals surface area contributed by atoms with Gasteiger partial charge >= 0.3 is 0 Å². The molecule has 2 fully saturated rings. The van der Waals surface area contributed by atoms with Crippen LogP contribution in [0.15, 0.2) is 0 Å². The minimum Gasteiger partial charge on any atom is -0.339 e. The van der Waals surface area contributed by atoms with Crippen LogP contribution < -0.4 is 5.32 Å². The topological polar surface area (TPSA) is 32.3 Å². The third-order valence-corrected chi connectivity index (χ3v) is 4.60. The summed E-state index contributed by atoms with van der Waals surface area (Å²) in [6.45, 7) is 5.78. The van der Waals surface area contributed by atoms with Crippen molar-refractivity contribution in [2.75, 3.05) is 13.1 Å². The molecule has 0 aromatic rings. The van der Waals surface area contributed by atoms with Crippen molar-refractivity contribution in [2.24, 2.45) is 5.92 Å². The quantitative estimate of drug-likeness (QED) is 0.788. The summed E-state index contributed by atoms with van der Waals surface area (Å²) >= 11 is 0. The molecule has 2 aliphatic carbocycles. The van der Waals surface area contributed by atoms with Crippen molar-refractivity contribution in [2.45, 2.75) is 70.9 Å². The van der Waals surface area contributed by atoms with Gasteiger partial charge in [0.25, 0.3) is 0 Å². The van der Waals surface area contributed by atoms with Gasteiger partial charge in [0, 0.05) is 18.6 Å². The van der Waals surface area contributed by atoms with Gasteiger partial charge in [-0.1, -0.05) is 26.2 Å². The molecule has 2 saturated carbocycles. The molecule has 1 N–H and O–H groups in total. The highest BCUT2D eigenvalue weighted by atomic mass is 16.2. The Morgan fingerprint density at radius 3 is 2.50 bits per heavy atom. The van der Waals surface area contributed by atoms with Gasteiger partial charge in [-0.25, -0.2) is 0 Å². The van der Waals surface area contributed by atoms with Crippen molar-refractivity contribution in [3.05, 3.63) is 0 Å². The van der Waals surface area contributed by atoms with Crippen LogP contribution in [0, 0.1) is 5.92 Å². The van der Waals surface area contributed by atoms with E-state index in [4.69, 9.17) is 0 Å². The second-order valence-corrected chi connectivity index (χ2v) is 5.85. The summed E-state index contributed by atoms with van der Waals surface area (Å²) in [5.41, 5.74) is 0. The van der Waals surface area contributed by atoms with E-state index in [1.807, 2.05) is 0 Å². The van der Waals surface area contributed by atoms with Crippen LogP contribution in [0.4, 0.5) is 0 Å². The first-order chi connectivity index (χ1) is 8.76. The fraction of sp³-hybridized carbons (Fsp3) is 0.933. The highest BCUT2D eigenvalue weighted by Crippen LogP contribution is 2.28. The summed E-state index contributed by atoms with van der Waals surface area (Å²) in [5, 5.41) is 3.53. The number of rotatable bonds is 6. The average molecular weight is 252 g/mol. The molecule has 0 saturated heterocycles. The largest absolute Gasteiger partial charge is 0.339 e. The molecule has 2 aliphatic rings. The molecule has 0 heterocycles. The molecular weight excluding hydrogens is 224 g/mol. The zero-order valence-electron chi connectivity index (χ0n) is 12.0. The van der Waals surface area contributed by atoms with Gasteiger partial charge in [0.2, 0.25) is 5.91 Å². The zero-order valence-corrected chi connectivity index (χ0v) is 12.0. The van der Waals surface area contributed by atoms with E-state index in [0.717, 1.165) is 12.5 Å². The standard InChI is InChI=1S/C15H28N2O/c1-3-12-7-5-6-8-14(12)16-11-15(18)17(4-2)13-9-10-13/h12-14,16H,3-11H2,1-2H3. The minimum absolute atomic E-state index is 0.306. The van der Waals surface area contributed by atoms with Gasteiger partial charge in [0.1, 0.15) is 0 Å². The van der Waals surface area contributed by atoms with Crippen LogP contribution in [0.25, 0.3) is 0 Å². The predicted molar refractivity (Wildman–Crippen MR) is 74.4 cm³/mol. The Hall–Kier alpha value is -0.570. The van der Waals surface area contributed by atoms with E-state index in [9.17, 15) is 4.79 Å². The van der Waals surface area contributed by atoms with E-state index < -0.39 is 0 Å². The first kappa shape index (κ1) is 13.9. The van der Waals surface area contributed by atoms with Gasteiger partial charge in [-0.2, -0.15) is 0 Å². The Balaban J connectivity index is 1.76. The van der Waals surface area contributed by atoms with E-state index in [-0.39, 0.29) is 0 Å². The molecular formula is C15H28N2O. The van der Waals surface area contributed by atoms with E-state index in [1.54, 1.807) is 0 Å². The highest BCUT2D eigenvalue weighted by Gasteiger charge is 2.31. The Morgan fingerprint density at radius 1 is 1.17 bits per heavy atom. The summed E-state index contributed by atoms with van der Waals surface area (Å²) < 4.78 is 0. The molecule has 0 bridgehead atoms. The monoisotopic (exact) mass is 252 g/mol. The number of carbonyl (C=O) groups is 1. The summed E-state index contributed by atoms with van der Waals surface area (Å²) in [7, 11) is 0. The molecule has 2 unspecified atom stereocenters. The van der Waals surface area contributed by atoms with Crippen LogP contribution in [-0.4, -0.2) is 36.0 Å². The number of nitrogens with one attached hydrogen (secondary N) is 1. The van der Waals surface area contributed by atoms with Gasteiger partial charge in [0.05, 0.1) is 6.54 Å². The van der Waals surface area contributed by atoms with Gasteiger partial charge < -0.3 is 10.2 Å². The summed E-state index contributed by atoms with van der Waals surface area (Å²) in [6.07, 6.45) is 8.94. The molecule has 18 heavy (non-hydrogen) atoms. The number of likely N-dealkylation sites (N-methyl/N-ethyl adjacent to an activating group) is 1. The van der Waals surface area contributed by atoms with Crippen molar-refractivity contribution < 1.29 is 4.79 Å². The molecule has 2 rings (SSSR count). The fourth-order valence-corrected chi connectivity index (χ4v) is 3.31. The van der Waals surface area contributed by atoms with E-state index in [1.165, 1.54) is 44.9 Å². The lowest BCUT2D eigenvalue weighted by atomic mass is 9.83. The lowest BCUT2D eigenvalue weighted by Crippen LogP contribution is -2.45. The predicted octanol–water partition coefficient (Wildman–Crippen LogP) is 2.56. The number of amides is 1. The molecule has 0 radical (unpaired) electrons. The van der Waals surface area contributed by atoms with Crippen LogP contribution in [0.3, 0.4) is 0 Å². The van der Waals surface area contributed by atoms with Crippen molar-refractivity contribution >= 4 is 5.91 Å². The Kier molecular flexibility index (Phi) is 5.04. The van der Waals surface area contributed by atoms with Gasteiger partial charge in [0.15, 0.2) is 0 Å². The van der Waals surface area contributed by atoms with Crippen molar-refractivity contribution in [1.82, 2.24) is 10.2 Å². The second kappa shape index (κ2) is 6.55. The maximum absolute atomic E-state index is 12.2. The molecule has 0 aliphatic heterocycles. The van der Waals surface area contributed by atoms with Gasteiger partial charge in [-0.15, -0.1) is 0 Å². The average Bonchev–Trinajstić information content (AvgIpc) is 3.22. The summed E-state index contributed by atoms with van der Waals surface area (Å²) in [4.78, 5) is 14.2. The molecule has 0 aromatic heterocycles. The normalized spacial score (nSPS) is 28.1. The summed E-state index contributed by atoms with van der Waals surface area (Å²) in [5.74, 6) is 1.09. The minimum atomic E-state index is 0.306. The maximum Gasteiger partial charge on any atom is 0.236 e. The molecule has 1 amide bonds. The van der Waals surface area contributed by atoms with E-state index in [2.05, 4.69) is 24.1 Å². The third kappa shape index (κ3) is 3.47. The molecule has 0 spiro atoms. The van der Waals surface area contributed by atoms with Crippen LogP contribution in [0.5, 0.6) is 0 Å². The number of hydrogen-bond donors (Lipinski definition) is 1. The molecule has 104 valence electrons. The first-order valence-corrected chi connectivity index (χ1v) is 7.79. The smallest absolute Gasteiger partial charge is 0.236 e. The van der Waals surface area contributed by atoms with Crippen LogP contribution in [0.1, 0.15) is 58.8 Å². The maximum atomic E-state index is 12.2. The van der Waals surface area contributed by atoms with Crippen molar-refractivity contribution in [1.29, 1.82) is 0 Å². The number of hydrogen-bond acceptors (Lipinski definition) is 2. The van der Waals surface area contributed by atoms with Gasteiger partial charge in [-0.3, -0.25) is 4.79 Å². The lowest BCUT2D eigenvalue weighted by molar-refractivity contribution is -0.130. The SMILES string of the molecule is CCC1CCCCC1NCC(=O)N(CC)C1CC1. The van der Waals surface area contributed by atoms with Crippen molar-refractivity contribution in [3.8, 4) is 0 Å². The van der Waals surface area contributed by atoms with Crippen LogP contribution >= 0.6 is 0 Å². The molecule has 3 nitrogen and oxygen atoms in total. The van der Waals surface area contributed by atoms with Crippen LogP contribution in [0.2, 0.25) is 0 Å². The summed E-state index contributed by atoms with van der Waals surface area (Å²) in [6, 6.07) is 1.13. The Bertz CT molecular complexity index is 276. The van der Waals surface area contributed by atoms with Crippen molar-refractivity contribution in [3.63, 3.8) is 0 Å². The zero-order chi connectivity index (χ0) is 13.0. The Morgan fingerprint density at radius 2 is 1.89 bits per heavy atom. The lowest BCUT2D eigenvalue weighted by Gasteiger charge is -2.32. The molecule has 2 atom stereocenters. The molecule has 0 aromatic carbocycles. The number of nitrogens with zero attached hydrogens (tertiary/aromatic N) is 1. The number of carbonyl (C=O) groups excluding carboxylic acids is 1. The Labute approximate surface area is 111 Å². The highest BCUT2D eigenvalue weighted by molar-refractivity contribution is 5.78. The van der Waals surface area contributed by atoms with Gasteiger partial charge in [-0.05, 0) is 38.5 Å². The first-order valence-electron chi connectivity index (χ1n) is 7.79. The van der Waals surface area contributed by atoms with E-state index in [0.29, 0.717) is 24.5 Å². The fourth-order valence-electron chi connectivity index (χ4n) is 3.31. The van der Waals surface area contributed by atoms with Crippen LogP contribution in [-0.2, 0) is 4.79 Å².